The zero-order valence-corrected chi connectivity index (χ0v) is 16.3. The molecule has 2 aliphatic heterocycles. The van der Waals surface area contributed by atoms with Gasteiger partial charge in [0.15, 0.2) is 0 Å². The predicted molar refractivity (Wildman–Crippen MR) is 102 cm³/mol. The minimum atomic E-state index is -0.140. The number of ether oxygens (including phenoxy) is 2. The molecular formula is C20H27NO4S. The standard InChI is InChI=1S/C20H27NO4S/c1-24-16-9-7-14(8-10-16)12-21-18(22)11-15-13-26-17(20(15)21)5-3-4-6-19(23)25-2/h7-10,15,17,20H,3-6,11-13H2,1-2H3/t15?,17-,20-/m0/s1. The van der Waals surface area contributed by atoms with E-state index in [1.54, 1.807) is 7.11 Å². The average molecular weight is 378 g/mol. The second-order valence-electron chi connectivity index (χ2n) is 7.02. The van der Waals surface area contributed by atoms with E-state index in [1.165, 1.54) is 7.11 Å². The van der Waals surface area contributed by atoms with Gasteiger partial charge in [-0.05, 0) is 42.2 Å². The Balaban J connectivity index is 1.58. The van der Waals surface area contributed by atoms with Crippen LogP contribution in [-0.4, -0.2) is 48.0 Å². The minimum absolute atomic E-state index is 0.140. The molecule has 0 spiro atoms. The van der Waals surface area contributed by atoms with E-state index >= 15 is 0 Å². The van der Waals surface area contributed by atoms with E-state index in [1.807, 2.05) is 36.0 Å². The number of unbranched alkanes of at least 4 members (excludes halogenated alkanes) is 1. The zero-order chi connectivity index (χ0) is 18.5. The van der Waals surface area contributed by atoms with Gasteiger partial charge in [-0.2, -0.15) is 11.8 Å². The number of amides is 1. The fraction of sp³-hybridized carbons (Fsp3) is 0.600. The Morgan fingerprint density at radius 1 is 1.23 bits per heavy atom. The van der Waals surface area contributed by atoms with Gasteiger partial charge in [-0.1, -0.05) is 18.6 Å². The summed E-state index contributed by atoms with van der Waals surface area (Å²) < 4.78 is 9.91. The summed E-state index contributed by atoms with van der Waals surface area (Å²) in [7, 11) is 3.09. The highest BCUT2D eigenvalue weighted by molar-refractivity contribution is 8.00. The van der Waals surface area contributed by atoms with Crippen molar-refractivity contribution in [3.63, 3.8) is 0 Å². The molecule has 2 saturated heterocycles. The average Bonchev–Trinajstić information content (AvgIpc) is 3.18. The van der Waals surface area contributed by atoms with Crippen molar-refractivity contribution >= 4 is 23.6 Å². The first-order valence-electron chi connectivity index (χ1n) is 9.23. The van der Waals surface area contributed by atoms with Crippen molar-refractivity contribution in [2.75, 3.05) is 20.0 Å². The van der Waals surface area contributed by atoms with Crippen molar-refractivity contribution in [3.05, 3.63) is 29.8 Å². The minimum Gasteiger partial charge on any atom is -0.497 e. The van der Waals surface area contributed by atoms with Gasteiger partial charge in [-0.3, -0.25) is 9.59 Å². The number of rotatable bonds is 8. The van der Waals surface area contributed by atoms with E-state index < -0.39 is 0 Å². The molecule has 1 unspecified atom stereocenters. The molecule has 0 radical (unpaired) electrons. The number of hydrogen-bond donors (Lipinski definition) is 0. The van der Waals surface area contributed by atoms with Gasteiger partial charge in [0.25, 0.3) is 0 Å². The molecule has 1 aromatic rings. The number of thioether (sulfide) groups is 1. The molecule has 0 N–H and O–H groups in total. The quantitative estimate of drug-likeness (QED) is 0.514. The van der Waals surface area contributed by atoms with E-state index in [0.717, 1.165) is 36.3 Å². The van der Waals surface area contributed by atoms with Gasteiger partial charge in [0.1, 0.15) is 5.75 Å². The van der Waals surface area contributed by atoms with Crippen LogP contribution in [0.15, 0.2) is 24.3 Å². The van der Waals surface area contributed by atoms with Crippen LogP contribution in [0.1, 0.15) is 37.7 Å². The first kappa shape index (κ1) is 19.1. The third-order valence-corrected chi connectivity index (χ3v) is 6.93. The molecule has 6 heteroatoms. The van der Waals surface area contributed by atoms with E-state index in [0.29, 0.717) is 36.6 Å². The molecule has 2 aliphatic rings. The van der Waals surface area contributed by atoms with Crippen molar-refractivity contribution in [1.82, 2.24) is 4.90 Å². The Labute approximate surface area is 159 Å². The van der Waals surface area contributed by atoms with Crippen LogP contribution in [0.25, 0.3) is 0 Å². The molecule has 1 aromatic carbocycles. The molecule has 0 aromatic heterocycles. The molecular weight excluding hydrogens is 350 g/mol. The maximum Gasteiger partial charge on any atom is 0.305 e. The van der Waals surface area contributed by atoms with Gasteiger partial charge in [0.05, 0.1) is 14.2 Å². The summed E-state index contributed by atoms with van der Waals surface area (Å²) in [6.07, 6.45) is 4.06. The predicted octanol–water partition coefficient (Wildman–Crippen LogP) is 3.26. The van der Waals surface area contributed by atoms with Crippen molar-refractivity contribution in [3.8, 4) is 5.75 Å². The molecule has 1 amide bonds. The highest BCUT2D eigenvalue weighted by Gasteiger charge is 2.47. The molecule has 3 atom stereocenters. The highest BCUT2D eigenvalue weighted by atomic mass is 32.2. The van der Waals surface area contributed by atoms with Crippen molar-refractivity contribution in [2.24, 2.45) is 5.92 Å². The Kier molecular flexibility index (Phi) is 6.46. The molecule has 0 saturated carbocycles. The number of hydrogen-bond acceptors (Lipinski definition) is 5. The molecule has 5 nitrogen and oxygen atoms in total. The Bertz CT molecular complexity index is 633. The van der Waals surface area contributed by atoms with E-state index in [4.69, 9.17) is 9.47 Å². The number of carbonyl (C=O) groups excluding carboxylic acids is 2. The number of fused-ring (bicyclic) bond motifs is 1. The number of nitrogens with zero attached hydrogens (tertiary/aromatic N) is 1. The molecule has 3 rings (SSSR count). The summed E-state index contributed by atoms with van der Waals surface area (Å²) in [4.78, 5) is 25.9. The van der Waals surface area contributed by atoms with Gasteiger partial charge in [0, 0.05) is 30.7 Å². The first-order valence-corrected chi connectivity index (χ1v) is 10.3. The molecule has 0 bridgehead atoms. The lowest BCUT2D eigenvalue weighted by Gasteiger charge is -2.29. The lowest BCUT2D eigenvalue weighted by atomic mass is 9.96. The normalized spacial score (nSPS) is 24.6. The SMILES string of the molecule is COC(=O)CCCC[C@@H]1SCC2CC(=O)N(Cc3ccc(OC)cc3)[C@@H]21. The van der Waals surface area contributed by atoms with Gasteiger partial charge in [-0.15, -0.1) is 0 Å². The van der Waals surface area contributed by atoms with Gasteiger partial charge < -0.3 is 14.4 Å². The lowest BCUT2D eigenvalue weighted by molar-refractivity contribution is -0.140. The fourth-order valence-corrected chi connectivity index (χ4v) is 5.69. The Morgan fingerprint density at radius 2 is 2.00 bits per heavy atom. The summed E-state index contributed by atoms with van der Waals surface area (Å²) >= 11 is 1.99. The molecule has 0 aliphatic carbocycles. The topological polar surface area (TPSA) is 55.8 Å². The monoisotopic (exact) mass is 377 g/mol. The zero-order valence-electron chi connectivity index (χ0n) is 15.5. The third-order valence-electron chi connectivity index (χ3n) is 5.36. The second kappa shape index (κ2) is 8.80. The number of carbonyl (C=O) groups is 2. The van der Waals surface area contributed by atoms with Crippen LogP contribution in [0.3, 0.4) is 0 Å². The lowest BCUT2D eigenvalue weighted by Crippen LogP contribution is -2.39. The van der Waals surface area contributed by atoms with Crippen LogP contribution in [0, 0.1) is 5.92 Å². The fourth-order valence-electron chi connectivity index (χ4n) is 3.98. The smallest absolute Gasteiger partial charge is 0.305 e. The highest BCUT2D eigenvalue weighted by Crippen LogP contribution is 2.44. The number of methoxy groups -OCH3 is 2. The van der Waals surface area contributed by atoms with Crippen molar-refractivity contribution < 1.29 is 19.1 Å². The van der Waals surface area contributed by atoms with Crippen LogP contribution in [0.2, 0.25) is 0 Å². The summed E-state index contributed by atoms with van der Waals surface area (Å²) in [5, 5.41) is 0.474. The van der Waals surface area contributed by atoms with Gasteiger partial charge in [0.2, 0.25) is 5.91 Å². The number of benzene rings is 1. The largest absolute Gasteiger partial charge is 0.497 e. The summed E-state index contributed by atoms with van der Waals surface area (Å²) in [6.45, 7) is 0.670. The first-order chi connectivity index (χ1) is 12.6. The van der Waals surface area contributed by atoms with Crippen LogP contribution in [0.5, 0.6) is 5.75 Å². The van der Waals surface area contributed by atoms with E-state index in [-0.39, 0.29) is 11.9 Å². The maximum absolute atomic E-state index is 12.5. The van der Waals surface area contributed by atoms with Crippen molar-refractivity contribution in [1.29, 1.82) is 0 Å². The number of likely N-dealkylation sites (tertiary alicyclic amines) is 1. The van der Waals surface area contributed by atoms with Crippen LogP contribution in [0.4, 0.5) is 0 Å². The van der Waals surface area contributed by atoms with E-state index in [9.17, 15) is 9.59 Å². The Hall–Kier alpha value is -1.69. The molecule has 2 heterocycles. The summed E-state index contributed by atoms with van der Waals surface area (Å²) in [5.74, 6) is 2.50. The third kappa shape index (κ3) is 4.34. The summed E-state index contributed by atoms with van der Waals surface area (Å²) in [5.41, 5.74) is 1.14. The second-order valence-corrected chi connectivity index (χ2v) is 8.29. The van der Waals surface area contributed by atoms with Crippen molar-refractivity contribution in [2.45, 2.75) is 49.9 Å². The Morgan fingerprint density at radius 3 is 2.69 bits per heavy atom. The molecule has 2 fully saturated rings. The summed E-state index contributed by atoms with van der Waals surface area (Å²) in [6, 6.07) is 8.29. The molecule has 26 heavy (non-hydrogen) atoms. The number of esters is 1. The van der Waals surface area contributed by atoms with Crippen LogP contribution < -0.4 is 4.74 Å². The molecule has 142 valence electrons. The van der Waals surface area contributed by atoms with Gasteiger partial charge >= 0.3 is 5.97 Å². The van der Waals surface area contributed by atoms with Crippen LogP contribution in [-0.2, 0) is 20.9 Å². The van der Waals surface area contributed by atoms with Gasteiger partial charge in [-0.25, -0.2) is 0 Å². The van der Waals surface area contributed by atoms with Crippen LogP contribution >= 0.6 is 11.8 Å². The maximum atomic E-state index is 12.5. The van der Waals surface area contributed by atoms with E-state index in [2.05, 4.69) is 4.90 Å².